The van der Waals surface area contributed by atoms with Crippen LogP contribution in [0.4, 0.5) is 0 Å². The van der Waals surface area contributed by atoms with Crippen LogP contribution in [0.1, 0.15) is 15.9 Å². The molecular formula is C15H9BrO2. The van der Waals surface area contributed by atoms with Crippen molar-refractivity contribution in [1.29, 1.82) is 0 Å². The molecule has 0 saturated heterocycles. The van der Waals surface area contributed by atoms with E-state index in [1.807, 2.05) is 36.4 Å². The molecule has 0 atom stereocenters. The van der Waals surface area contributed by atoms with Crippen molar-refractivity contribution in [3.05, 3.63) is 69.9 Å². The molecule has 0 N–H and O–H groups in total. The average Bonchev–Trinajstić information content (AvgIpc) is 2.68. The Morgan fingerprint density at radius 3 is 2.61 bits per heavy atom. The van der Waals surface area contributed by atoms with Crippen molar-refractivity contribution in [2.45, 2.75) is 0 Å². The number of halogens is 1. The first kappa shape index (κ1) is 11.2. The smallest absolute Gasteiger partial charge is 0.232 e. The first-order valence-electron chi connectivity index (χ1n) is 5.53. The molecule has 2 aromatic rings. The van der Waals surface area contributed by atoms with Crippen molar-refractivity contribution in [1.82, 2.24) is 0 Å². The number of benzene rings is 2. The SMILES string of the molecule is O=C1/C(=C/c2ccccc2)Oc2ccc(Br)cc21. The summed E-state index contributed by atoms with van der Waals surface area (Å²) in [5.74, 6) is 0.912. The van der Waals surface area contributed by atoms with E-state index in [2.05, 4.69) is 15.9 Å². The van der Waals surface area contributed by atoms with Gasteiger partial charge in [-0.05, 0) is 29.8 Å². The molecule has 1 heterocycles. The topological polar surface area (TPSA) is 26.3 Å². The zero-order chi connectivity index (χ0) is 12.5. The van der Waals surface area contributed by atoms with E-state index in [0.29, 0.717) is 17.1 Å². The Morgan fingerprint density at radius 1 is 1.06 bits per heavy atom. The molecule has 0 aliphatic carbocycles. The second-order valence-electron chi connectivity index (χ2n) is 3.99. The van der Waals surface area contributed by atoms with E-state index in [1.165, 1.54) is 0 Å². The number of ketones is 1. The lowest BCUT2D eigenvalue weighted by Crippen LogP contribution is -1.97. The number of hydrogen-bond donors (Lipinski definition) is 0. The van der Waals surface area contributed by atoms with Gasteiger partial charge in [-0.15, -0.1) is 0 Å². The molecule has 0 radical (unpaired) electrons. The number of Topliss-reactive ketones (excluding diaryl/α,β-unsaturated/α-hetero) is 1. The molecule has 1 aliphatic heterocycles. The number of carbonyl (C=O) groups is 1. The third-order valence-electron chi connectivity index (χ3n) is 2.73. The highest BCUT2D eigenvalue weighted by Gasteiger charge is 2.27. The van der Waals surface area contributed by atoms with Gasteiger partial charge in [0.1, 0.15) is 5.75 Å². The van der Waals surface area contributed by atoms with E-state index >= 15 is 0 Å². The highest BCUT2D eigenvalue weighted by atomic mass is 79.9. The van der Waals surface area contributed by atoms with Crippen molar-refractivity contribution in [2.24, 2.45) is 0 Å². The van der Waals surface area contributed by atoms with Gasteiger partial charge in [0.15, 0.2) is 5.76 Å². The summed E-state index contributed by atoms with van der Waals surface area (Å²) in [6.45, 7) is 0. The van der Waals surface area contributed by atoms with E-state index in [9.17, 15) is 4.79 Å². The zero-order valence-electron chi connectivity index (χ0n) is 9.39. The number of rotatable bonds is 1. The summed E-state index contributed by atoms with van der Waals surface area (Å²) in [6.07, 6.45) is 1.76. The average molecular weight is 301 g/mol. The summed E-state index contributed by atoms with van der Waals surface area (Å²) < 4.78 is 6.44. The number of hydrogen-bond acceptors (Lipinski definition) is 2. The summed E-state index contributed by atoms with van der Waals surface area (Å²) in [5.41, 5.74) is 1.55. The maximum Gasteiger partial charge on any atom is 0.232 e. The van der Waals surface area contributed by atoms with E-state index in [1.54, 1.807) is 18.2 Å². The standard InChI is InChI=1S/C15H9BrO2/c16-11-6-7-13-12(9-11)15(17)14(18-13)8-10-4-2-1-3-5-10/h1-9H/b14-8-. The van der Waals surface area contributed by atoms with Crippen LogP contribution in [0, 0.1) is 0 Å². The van der Waals surface area contributed by atoms with E-state index < -0.39 is 0 Å². The predicted octanol–water partition coefficient (Wildman–Crippen LogP) is 4.07. The maximum absolute atomic E-state index is 12.1. The van der Waals surface area contributed by atoms with Gasteiger partial charge in [0.05, 0.1) is 5.56 Å². The third-order valence-corrected chi connectivity index (χ3v) is 3.22. The molecule has 3 rings (SSSR count). The van der Waals surface area contributed by atoms with E-state index in [-0.39, 0.29) is 5.78 Å². The summed E-state index contributed by atoms with van der Waals surface area (Å²) >= 11 is 3.35. The lowest BCUT2D eigenvalue weighted by atomic mass is 10.1. The van der Waals surface area contributed by atoms with Crippen molar-refractivity contribution < 1.29 is 9.53 Å². The molecule has 0 saturated carbocycles. The fourth-order valence-corrected chi connectivity index (χ4v) is 2.22. The molecular weight excluding hydrogens is 292 g/mol. The highest BCUT2D eigenvalue weighted by Crippen LogP contribution is 2.33. The van der Waals surface area contributed by atoms with Gasteiger partial charge in [0.2, 0.25) is 5.78 Å². The van der Waals surface area contributed by atoms with Gasteiger partial charge in [-0.2, -0.15) is 0 Å². The summed E-state index contributed by atoms with van der Waals surface area (Å²) in [5, 5.41) is 0. The van der Waals surface area contributed by atoms with Gasteiger partial charge >= 0.3 is 0 Å². The van der Waals surface area contributed by atoms with E-state index in [4.69, 9.17) is 4.74 Å². The fourth-order valence-electron chi connectivity index (χ4n) is 1.86. The normalized spacial score (nSPS) is 15.6. The minimum absolute atomic E-state index is 0.0739. The van der Waals surface area contributed by atoms with Crippen molar-refractivity contribution >= 4 is 27.8 Å². The Bertz CT molecular complexity index is 645. The lowest BCUT2D eigenvalue weighted by Gasteiger charge is -1.98. The van der Waals surface area contributed by atoms with Gasteiger partial charge in [-0.25, -0.2) is 0 Å². The second-order valence-corrected chi connectivity index (χ2v) is 4.91. The molecule has 3 heteroatoms. The minimum Gasteiger partial charge on any atom is -0.452 e. The predicted molar refractivity (Wildman–Crippen MR) is 73.5 cm³/mol. The first-order chi connectivity index (χ1) is 8.74. The van der Waals surface area contributed by atoms with Crippen LogP contribution in [-0.2, 0) is 0 Å². The molecule has 1 aliphatic rings. The molecule has 0 bridgehead atoms. The minimum atomic E-state index is -0.0739. The Hall–Kier alpha value is -1.87. The van der Waals surface area contributed by atoms with Gasteiger partial charge in [0.25, 0.3) is 0 Å². The Kier molecular flexibility index (Phi) is 2.76. The summed E-state index contributed by atoms with van der Waals surface area (Å²) in [7, 11) is 0. The number of ether oxygens (including phenoxy) is 1. The van der Waals surface area contributed by atoms with Crippen LogP contribution < -0.4 is 4.74 Å². The molecule has 0 amide bonds. The molecule has 0 fully saturated rings. The second kappa shape index (κ2) is 4.42. The van der Waals surface area contributed by atoms with Crippen LogP contribution in [0.3, 0.4) is 0 Å². The van der Waals surface area contributed by atoms with Crippen LogP contribution in [0.2, 0.25) is 0 Å². The summed E-state index contributed by atoms with van der Waals surface area (Å²) in [4.78, 5) is 12.1. The van der Waals surface area contributed by atoms with Crippen LogP contribution >= 0.6 is 15.9 Å². The Morgan fingerprint density at radius 2 is 1.83 bits per heavy atom. The number of fused-ring (bicyclic) bond motifs is 1. The molecule has 0 unspecified atom stereocenters. The van der Waals surface area contributed by atoms with Crippen LogP contribution in [0.15, 0.2) is 58.8 Å². The Balaban J connectivity index is 2.00. The Labute approximate surface area is 113 Å². The van der Waals surface area contributed by atoms with Gasteiger partial charge < -0.3 is 4.74 Å². The molecule has 0 aromatic heterocycles. The van der Waals surface area contributed by atoms with Gasteiger partial charge in [0, 0.05) is 4.47 Å². The van der Waals surface area contributed by atoms with Crippen LogP contribution in [0.5, 0.6) is 5.75 Å². The number of carbonyl (C=O) groups excluding carboxylic acids is 1. The van der Waals surface area contributed by atoms with Crippen molar-refractivity contribution in [3.8, 4) is 5.75 Å². The molecule has 2 nitrogen and oxygen atoms in total. The van der Waals surface area contributed by atoms with E-state index in [0.717, 1.165) is 10.0 Å². The third kappa shape index (κ3) is 1.97. The monoisotopic (exact) mass is 300 g/mol. The molecule has 18 heavy (non-hydrogen) atoms. The molecule has 0 spiro atoms. The van der Waals surface area contributed by atoms with Crippen LogP contribution in [-0.4, -0.2) is 5.78 Å². The maximum atomic E-state index is 12.1. The largest absolute Gasteiger partial charge is 0.452 e. The van der Waals surface area contributed by atoms with Crippen molar-refractivity contribution in [3.63, 3.8) is 0 Å². The molecule has 88 valence electrons. The lowest BCUT2D eigenvalue weighted by molar-refractivity contribution is 0.101. The quantitative estimate of drug-likeness (QED) is 0.742. The first-order valence-corrected chi connectivity index (χ1v) is 6.32. The summed E-state index contributed by atoms with van der Waals surface area (Å²) in [6, 6.07) is 15.1. The van der Waals surface area contributed by atoms with Crippen LogP contribution in [0.25, 0.3) is 6.08 Å². The highest BCUT2D eigenvalue weighted by molar-refractivity contribution is 9.10. The number of allylic oxidation sites excluding steroid dienone is 1. The molecule has 2 aromatic carbocycles. The van der Waals surface area contributed by atoms with Gasteiger partial charge in [-0.1, -0.05) is 46.3 Å². The zero-order valence-corrected chi connectivity index (χ0v) is 11.0. The fraction of sp³-hybridized carbons (Fsp3) is 0. The van der Waals surface area contributed by atoms with Crippen molar-refractivity contribution in [2.75, 3.05) is 0 Å². The van der Waals surface area contributed by atoms with Gasteiger partial charge in [-0.3, -0.25) is 4.79 Å².